The molecule has 4 nitrogen and oxygen atoms in total. The van der Waals surface area contributed by atoms with Crippen LogP contribution in [-0.4, -0.2) is 23.5 Å². The molecule has 0 radical (unpaired) electrons. The normalized spacial score (nSPS) is 19.3. The molecule has 1 aliphatic rings. The first kappa shape index (κ1) is 16.8. The van der Waals surface area contributed by atoms with Crippen LogP contribution in [0.15, 0.2) is 22.7 Å². The Morgan fingerprint density at radius 3 is 2.26 bits per heavy atom. The molecule has 2 aromatic rings. The van der Waals surface area contributed by atoms with Gasteiger partial charge in [0.1, 0.15) is 11.5 Å². The number of hydrogen-bond acceptors (Lipinski definition) is 4. The maximum atomic E-state index is 6.33. The zero-order chi connectivity index (χ0) is 17.0. The summed E-state index contributed by atoms with van der Waals surface area (Å²) in [5, 5.41) is 5.04. The lowest BCUT2D eigenvalue weighted by Gasteiger charge is -2.32. The van der Waals surface area contributed by atoms with Gasteiger partial charge >= 0.3 is 7.12 Å². The predicted molar refractivity (Wildman–Crippen MR) is 92.4 cm³/mol. The van der Waals surface area contributed by atoms with E-state index in [1.165, 1.54) is 0 Å². The Kier molecular flexibility index (Phi) is 4.04. The number of halogens is 2. The van der Waals surface area contributed by atoms with Crippen LogP contribution in [-0.2, 0) is 9.31 Å². The maximum absolute atomic E-state index is 6.33. The zero-order valence-electron chi connectivity index (χ0n) is 13.7. The largest absolute Gasteiger partial charge is 0.500 e. The molecule has 0 spiro atoms. The SMILES string of the molecule is Cc1onc(-c2cccc(Cl)c2Cl)c1B1OC(C)(C)C(C)(C)O1. The fourth-order valence-corrected chi connectivity index (χ4v) is 2.89. The van der Waals surface area contributed by atoms with Gasteiger partial charge in [-0.05, 0) is 40.7 Å². The second-order valence-corrected chi connectivity index (χ2v) is 7.48. The summed E-state index contributed by atoms with van der Waals surface area (Å²) < 4.78 is 17.6. The molecule has 1 aromatic heterocycles. The van der Waals surface area contributed by atoms with E-state index in [2.05, 4.69) is 5.16 Å². The number of rotatable bonds is 2. The molecule has 0 N–H and O–H groups in total. The smallest absolute Gasteiger partial charge is 0.399 e. The van der Waals surface area contributed by atoms with Crippen LogP contribution in [0.2, 0.25) is 10.0 Å². The van der Waals surface area contributed by atoms with Crippen molar-refractivity contribution < 1.29 is 13.8 Å². The minimum atomic E-state index is -0.573. The van der Waals surface area contributed by atoms with Crippen molar-refractivity contribution in [1.82, 2.24) is 5.16 Å². The fourth-order valence-electron chi connectivity index (χ4n) is 2.50. The monoisotopic (exact) mass is 353 g/mol. The van der Waals surface area contributed by atoms with Gasteiger partial charge in [-0.3, -0.25) is 0 Å². The Balaban J connectivity index is 2.10. The third kappa shape index (κ3) is 2.70. The average Bonchev–Trinajstić information content (AvgIpc) is 2.91. The molecule has 1 aliphatic heterocycles. The number of hydrogen-bond donors (Lipinski definition) is 0. The van der Waals surface area contributed by atoms with Crippen molar-refractivity contribution in [1.29, 1.82) is 0 Å². The van der Waals surface area contributed by atoms with Gasteiger partial charge in [0.15, 0.2) is 0 Å². The van der Waals surface area contributed by atoms with Crippen molar-refractivity contribution in [3.8, 4) is 11.3 Å². The Morgan fingerprint density at radius 1 is 1.04 bits per heavy atom. The van der Waals surface area contributed by atoms with Crippen LogP contribution in [0.3, 0.4) is 0 Å². The molecule has 1 fully saturated rings. The summed E-state index contributed by atoms with van der Waals surface area (Å²) in [5.74, 6) is 0.634. The maximum Gasteiger partial charge on any atom is 0.500 e. The van der Waals surface area contributed by atoms with E-state index >= 15 is 0 Å². The molecule has 7 heteroatoms. The predicted octanol–water partition coefficient (Wildman–Crippen LogP) is 4.26. The van der Waals surface area contributed by atoms with Gasteiger partial charge in [0.2, 0.25) is 0 Å². The Hall–Kier alpha value is -1.01. The number of nitrogens with zero attached hydrogens (tertiary/aromatic N) is 1. The van der Waals surface area contributed by atoms with Gasteiger partial charge in [0.05, 0.1) is 26.7 Å². The highest BCUT2D eigenvalue weighted by Crippen LogP contribution is 2.38. The summed E-state index contributed by atoms with van der Waals surface area (Å²) >= 11 is 12.5. The van der Waals surface area contributed by atoms with Crippen LogP contribution in [0, 0.1) is 6.92 Å². The first-order chi connectivity index (χ1) is 10.6. The second kappa shape index (κ2) is 5.52. The molecule has 1 aromatic carbocycles. The third-order valence-electron chi connectivity index (χ3n) is 4.60. The highest BCUT2D eigenvalue weighted by Gasteiger charge is 2.53. The van der Waals surface area contributed by atoms with Crippen LogP contribution < -0.4 is 5.46 Å². The summed E-state index contributed by atoms with van der Waals surface area (Å²) in [6.07, 6.45) is 0. The quantitative estimate of drug-likeness (QED) is 0.757. The summed E-state index contributed by atoms with van der Waals surface area (Å²) in [7, 11) is -0.573. The first-order valence-corrected chi connectivity index (χ1v) is 8.16. The molecule has 0 unspecified atom stereocenters. The highest BCUT2D eigenvalue weighted by atomic mass is 35.5. The molecule has 0 amide bonds. The van der Waals surface area contributed by atoms with E-state index < -0.39 is 18.3 Å². The van der Waals surface area contributed by atoms with E-state index in [4.69, 9.17) is 37.0 Å². The lowest BCUT2D eigenvalue weighted by Crippen LogP contribution is -2.41. The summed E-state index contributed by atoms with van der Waals surface area (Å²) in [6.45, 7) is 9.84. The number of benzene rings is 1. The Labute approximate surface area is 146 Å². The second-order valence-electron chi connectivity index (χ2n) is 6.69. The molecule has 0 saturated carbocycles. The standard InChI is InChI=1S/C16H18BCl2NO3/c1-9-12(17-22-15(2,3)16(4,5)23-17)14(20-21-9)10-7-6-8-11(18)13(10)19/h6-8H,1-5H3. The number of aromatic nitrogens is 1. The van der Waals surface area contributed by atoms with Gasteiger partial charge in [-0.2, -0.15) is 0 Å². The molecule has 0 aliphatic carbocycles. The van der Waals surface area contributed by atoms with Crippen molar-refractivity contribution in [2.24, 2.45) is 0 Å². The van der Waals surface area contributed by atoms with E-state index in [1.54, 1.807) is 6.07 Å². The molecular formula is C16H18BCl2NO3. The van der Waals surface area contributed by atoms with E-state index in [0.29, 0.717) is 27.1 Å². The van der Waals surface area contributed by atoms with Crippen molar-refractivity contribution in [2.45, 2.75) is 45.8 Å². The van der Waals surface area contributed by atoms with Gasteiger partial charge in [-0.1, -0.05) is 40.5 Å². The fraction of sp³-hybridized carbons (Fsp3) is 0.438. The van der Waals surface area contributed by atoms with Crippen LogP contribution in [0.4, 0.5) is 0 Å². The minimum Gasteiger partial charge on any atom is -0.399 e. The van der Waals surface area contributed by atoms with E-state index in [-0.39, 0.29) is 0 Å². The summed E-state index contributed by atoms with van der Waals surface area (Å²) in [4.78, 5) is 0. The van der Waals surface area contributed by atoms with Crippen molar-refractivity contribution in [2.75, 3.05) is 0 Å². The molecule has 2 heterocycles. The third-order valence-corrected chi connectivity index (χ3v) is 5.42. The van der Waals surface area contributed by atoms with E-state index in [0.717, 1.165) is 5.46 Å². The summed E-state index contributed by atoms with van der Waals surface area (Å²) in [6, 6.07) is 5.40. The van der Waals surface area contributed by atoms with E-state index in [9.17, 15) is 0 Å². The molecule has 122 valence electrons. The van der Waals surface area contributed by atoms with Gasteiger partial charge < -0.3 is 13.8 Å². The zero-order valence-corrected chi connectivity index (χ0v) is 15.2. The molecule has 0 atom stereocenters. The van der Waals surface area contributed by atoms with Gasteiger partial charge in [-0.25, -0.2) is 0 Å². The Bertz CT molecular complexity index is 742. The van der Waals surface area contributed by atoms with Crippen molar-refractivity contribution in [3.05, 3.63) is 34.0 Å². The van der Waals surface area contributed by atoms with Crippen LogP contribution in [0.1, 0.15) is 33.5 Å². The van der Waals surface area contributed by atoms with Gasteiger partial charge in [0, 0.05) is 5.56 Å². The van der Waals surface area contributed by atoms with E-state index in [1.807, 2.05) is 46.8 Å². The topological polar surface area (TPSA) is 44.5 Å². The molecular weight excluding hydrogens is 336 g/mol. The summed E-state index contributed by atoms with van der Waals surface area (Å²) in [5.41, 5.74) is 1.13. The van der Waals surface area contributed by atoms with Crippen LogP contribution in [0.5, 0.6) is 0 Å². The lowest BCUT2D eigenvalue weighted by molar-refractivity contribution is 0.00578. The lowest BCUT2D eigenvalue weighted by atomic mass is 9.76. The van der Waals surface area contributed by atoms with Crippen molar-refractivity contribution >= 4 is 35.8 Å². The van der Waals surface area contributed by atoms with Gasteiger partial charge in [-0.15, -0.1) is 0 Å². The van der Waals surface area contributed by atoms with Crippen LogP contribution in [0.25, 0.3) is 11.3 Å². The molecule has 3 rings (SSSR count). The van der Waals surface area contributed by atoms with Gasteiger partial charge in [0.25, 0.3) is 0 Å². The number of aryl methyl sites for hydroxylation is 1. The Morgan fingerprint density at radius 2 is 1.65 bits per heavy atom. The first-order valence-electron chi connectivity index (χ1n) is 7.40. The van der Waals surface area contributed by atoms with Crippen molar-refractivity contribution in [3.63, 3.8) is 0 Å². The van der Waals surface area contributed by atoms with Crippen LogP contribution >= 0.6 is 23.2 Å². The minimum absolute atomic E-state index is 0.431. The highest BCUT2D eigenvalue weighted by molar-refractivity contribution is 6.64. The average molecular weight is 354 g/mol. The molecule has 23 heavy (non-hydrogen) atoms. The molecule has 1 saturated heterocycles. The molecule has 0 bridgehead atoms.